The van der Waals surface area contributed by atoms with Crippen molar-refractivity contribution in [1.29, 1.82) is 0 Å². The molecular weight excluding hydrogens is 258 g/mol. The van der Waals surface area contributed by atoms with Gasteiger partial charge in [-0.05, 0) is 11.6 Å². The van der Waals surface area contributed by atoms with Crippen molar-refractivity contribution < 1.29 is 14.4 Å². The van der Waals surface area contributed by atoms with Gasteiger partial charge in [0.15, 0.2) is 0 Å². The van der Waals surface area contributed by atoms with Crippen molar-refractivity contribution in [2.45, 2.75) is 6.42 Å². The Labute approximate surface area is 117 Å². The lowest BCUT2D eigenvalue weighted by Gasteiger charge is -2.18. The molecule has 0 atom stereocenters. The normalized spacial score (nSPS) is 10.2. The zero-order chi connectivity index (χ0) is 14.8. The average molecular weight is 274 g/mol. The standard InChI is InChI=1S/C14H16N3O3/c15-9-8-13(19)16-17(10-11-18)14(20)7-6-12-4-2-1-3-5-12/h1-7H,8-10,15H2,(H,16,19). The summed E-state index contributed by atoms with van der Waals surface area (Å²) in [4.78, 5) is 33.6. The van der Waals surface area contributed by atoms with Gasteiger partial charge in [0, 0.05) is 19.0 Å². The van der Waals surface area contributed by atoms with Gasteiger partial charge in [0.1, 0.15) is 6.54 Å². The zero-order valence-electron chi connectivity index (χ0n) is 10.9. The summed E-state index contributed by atoms with van der Waals surface area (Å²) in [6.45, 7) is -0.174. The molecule has 0 aliphatic heterocycles. The molecule has 2 amide bonds. The maximum absolute atomic E-state index is 11.9. The number of rotatable bonds is 6. The van der Waals surface area contributed by atoms with Crippen LogP contribution in [0.3, 0.4) is 0 Å². The number of hydrogen-bond acceptors (Lipinski definition) is 4. The fraction of sp³-hybridized carbons (Fsp3) is 0.214. The SMILES string of the molecule is NCCC(=O)NN(C[C]=O)C(=O)C=Cc1ccccc1. The highest BCUT2D eigenvalue weighted by atomic mass is 16.2. The second-order valence-corrected chi connectivity index (χ2v) is 3.89. The lowest BCUT2D eigenvalue weighted by molar-refractivity contribution is -0.136. The highest BCUT2D eigenvalue weighted by Gasteiger charge is 2.13. The molecule has 1 aromatic rings. The maximum atomic E-state index is 11.9. The molecule has 1 rings (SSSR count). The smallest absolute Gasteiger partial charge is 0.265 e. The average Bonchev–Trinajstić information content (AvgIpc) is 2.45. The number of amides is 2. The van der Waals surface area contributed by atoms with Crippen LogP contribution in [0.25, 0.3) is 6.08 Å². The molecule has 0 aliphatic carbocycles. The number of carbonyl (C=O) groups excluding carboxylic acids is 3. The van der Waals surface area contributed by atoms with Crippen molar-refractivity contribution in [1.82, 2.24) is 10.4 Å². The van der Waals surface area contributed by atoms with Gasteiger partial charge in [-0.2, -0.15) is 0 Å². The Morgan fingerprint density at radius 3 is 2.60 bits per heavy atom. The van der Waals surface area contributed by atoms with Crippen molar-refractivity contribution in [2.75, 3.05) is 13.1 Å². The topological polar surface area (TPSA) is 92.5 Å². The summed E-state index contributed by atoms with van der Waals surface area (Å²) in [5.74, 6) is -0.938. The largest absolute Gasteiger partial charge is 0.330 e. The molecule has 0 bridgehead atoms. The van der Waals surface area contributed by atoms with Crippen LogP contribution in [-0.4, -0.2) is 36.2 Å². The van der Waals surface area contributed by atoms with Gasteiger partial charge < -0.3 is 5.73 Å². The molecule has 6 heteroatoms. The van der Waals surface area contributed by atoms with E-state index in [1.54, 1.807) is 12.4 Å². The lowest BCUT2D eigenvalue weighted by Crippen LogP contribution is -2.46. The van der Waals surface area contributed by atoms with Crippen LogP contribution in [0.1, 0.15) is 12.0 Å². The minimum atomic E-state index is -0.512. The van der Waals surface area contributed by atoms with Gasteiger partial charge in [-0.1, -0.05) is 30.3 Å². The molecule has 0 spiro atoms. The van der Waals surface area contributed by atoms with E-state index in [-0.39, 0.29) is 19.5 Å². The number of hydrogen-bond donors (Lipinski definition) is 2. The Bertz CT molecular complexity index is 486. The van der Waals surface area contributed by atoms with Crippen molar-refractivity contribution >= 4 is 24.2 Å². The number of nitrogens with one attached hydrogen (secondary N) is 1. The van der Waals surface area contributed by atoms with E-state index in [2.05, 4.69) is 5.43 Å². The first-order valence-corrected chi connectivity index (χ1v) is 6.06. The third-order valence-corrected chi connectivity index (χ3v) is 2.34. The van der Waals surface area contributed by atoms with Gasteiger partial charge in [-0.15, -0.1) is 0 Å². The van der Waals surface area contributed by atoms with E-state index in [9.17, 15) is 14.4 Å². The van der Waals surface area contributed by atoms with E-state index < -0.39 is 11.8 Å². The molecule has 0 fully saturated rings. The van der Waals surface area contributed by atoms with Gasteiger partial charge in [-0.3, -0.25) is 19.8 Å². The van der Waals surface area contributed by atoms with Crippen LogP contribution in [0.2, 0.25) is 0 Å². The van der Waals surface area contributed by atoms with Gasteiger partial charge in [0.05, 0.1) is 0 Å². The molecule has 105 valence electrons. The Kier molecular flexibility index (Phi) is 6.70. The lowest BCUT2D eigenvalue weighted by atomic mass is 10.2. The minimum absolute atomic E-state index is 0.0744. The number of hydrazine groups is 1. The number of carbonyl (C=O) groups is 2. The first-order chi connectivity index (χ1) is 9.67. The molecule has 0 aliphatic rings. The molecule has 3 N–H and O–H groups in total. The molecule has 20 heavy (non-hydrogen) atoms. The van der Waals surface area contributed by atoms with Gasteiger partial charge in [-0.25, -0.2) is 5.01 Å². The van der Waals surface area contributed by atoms with Crippen LogP contribution < -0.4 is 11.2 Å². The van der Waals surface area contributed by atoms with Crippen LogP contribution >= 0.6 is 0 Å². The number of nitrogens with zero attached hydrogens (tertiary/aromatic N) is 1. The third kappa shape index (κ3) is 5.45. The van der Waals surface area contributed by atoms with Gasteiger partial charge in [0.2, 0.25) is 12.2 Å². The third-order valence-electron chi connectivity index (χ3n) is 2.34. The summed E-state index contributed by atoms with van der Waals surface area (Å²) in [5.41, 5.74) is 8.38. The van der Waals surface area contributed by atoms with Crippen LogP contribution in [0.5, 0.6) is 0 Å². The van der Waals surface area contributed by atoms with Crippen LogP contribution in [0.4, 0.5) is 0 Å². The van der Waals surface area contributed by atoms with E-state index in [0.29, 0.717) is 0 Å². The Morgan fingerprint density at radius 1 is 1.30 bits per heavy atom. The van der Waals surface area contributed by atoms with Crippen molar-refractivity contribution in [3.05, 3.63) is 42.0 Å². The minimum Gasteiger partial charge on any atom is -0.330 e. The second kappa shape index (κ2) is 8.60. The summed E-state index contributed by atoms with van der Waals surface area (Å²) >= 11 is 0. The van der Waals surface area contributed by atoms with E-state index in [1.165, 1.54) is 6.08 Å². The molecular formula is C14H16N3O3. The number of benzene rings is 1. The monoisotopic (exact) mass is 274 g/mol. The van der Waals surface area contributed by atoms with Crippen molar-refractivity contribution in [3.8, 4) is 0 Å². The molecule has 1 aromatic carbocycles. The Balaban J connectivity index is 2.66. The summed E-state index contributed by atoms with van der Waals surface area (Å²) in [6, 6.07) is 9.19. The summed E-state index contributed by atoms with van der Waals surface area (Å²) in [6.07, 6.45) is 4.51. The molecule has 0 saturated carbocycles. The van der Waals surface area contributed by atoms with Crippen molar-refractivity contribution in [3.63, 3.8) is 0 Å². The van der Waals surface area contributed by atoms with Crippen LogP contribution in [-0.2, 0) is 14.4 Å². The Hall–Kier alpha value is -2.47. The maximum Gasteiger partial charge on any atom is 0.265 e. The van der Waals surface area contributed by atoms with Crippen molar-refractivity contribution in [2.24, 2.45) is 5.73 Å². The number of nitrogens with two attached hydrogens (primary N) is 1. The predicted octanol–water partition coefficient (Wildman–Crippen LogP) is 0.0181. The predicted molar refractivity (Wildman–Crippen MR) is 74.7 cm³/mol. The summed E-state index contributed by atoms with van der Waals surface area (Å²) in [7, 11) is 0. The molecule has 0 saturated heterocycles. The molecule has 1 radical (unpaired) electrons. The first-order valence-electron chi connectivity index (χ1n) is 6.06. The highest BCUT2D eigenvalue weighted by Crippen LogP contribution is 2.01. The van der Waals surface area contributed by atoms with E-state index in [1.807, 2.05) is 30.3 Å². The quantitative estimate of drug-likeness (QED) is 0.565. The molecule has 0 heterocycles. The fourth-order valence-electron chi connectivity index (χ4n) is 1.40. The first kappa shape index (κ1) is 15.6. The van der Waals surface area contributed by atoms with Crippen LogP contribution in [0, 0.1) is 0 Å². The van der Waals surface area contributed by atoms with Gasteiger partial charge >= 0.3 is 0 Å². The molecule has 0 aromatic heterocycles. The second-order valence-electron chi connectivity index (χ2n) is 3.89. The fourth-order valence-corrected chi connectivity index (χ4v) is 1.40. The zero-order valence-corrected chi connectivity index (χ0v) is 10.9. The Morgan fingerprint density at radius 2 is 2.00 bits per heavy atom. The molecule has 6 nitrogen and oxygen atoms in total. The summed E-state index contributed by atoms with van der Waals surface area (Å²) in [5, 5.41) is 0.893. The highest BCUT2D eigenvalue weighted by molar-refractivity contribution is 5.94. The van der Waals surface area contributed by atoms with E-state index in [4.69, 9.17) is 5.73 Å². The van der Waals surface area contributed by atoms with Crippen LogP contribution in [0.15, 0.2) is 36.4 Å². The van der Waals surface area contributed by atoms with E-state index in [0.717, 1.165) is 10.6 Å². The van der Waals surface area contributed by atoms with Gasteiger partial charge in [0.25, 0.3) is 5.91 Å². The van der Waals surface area contributed by atoms with E-state index >= 15 is 0 Å². The molecule has 0 unspecified atom stereocenters. The summed E-state index contributed by atoms with van der Waals surface area (Å²) < 4.78 is 0.